The first-order valence-corrected chi connectivity index (χ1v) is 8.88. The van der Waals surface area contributed by atoms with Crippen molar-refractivity contribution in [3.8, 4) is 17.2 Å². The highest BCUT2D eigenvalue weighted by Crippen LogP contribution is 2.42. The molecule has 2 aromatic rings. The molecule has 0 aliphatic rings. The van der Waals surface area contributed by atoms with Crippen molar-refractivity contribution in [3.05, 3.63) is 42.0 Å². The lowest BCUT2D eigenvalue weighted by atomic mass is 9.85. The predicted octanol–water partition coefficient (Wildman–Crippen LogP) is 5.79. The molecule has 0 atom stereocenters. The number of methoxy groups -OCH3 is 2. The summed E-state index contributed by atoms with van der Waals surface area (Å²) in [5.41, 5.74) is 2.13. The van der Waals surface area contributed by atoms with Crippen molar-refractivity contribution < 1.29 is 18.9 Å². The van der Waals surface area contributed by atoms with Gasteiger partial charge in [-0.1, -0.05) is 20.8 Å². The van der Waals surface area contributed by atoms with E-state index in [1.807, 2.05) is 43.3 Å². The SMILES string of the molecule is CCOc1cc(/N=N/c2ccc(OC)cc2)c(OCOC)c(C(C)(C)C)c1. The molecule has 6 heteroatoms. The summed E-state index contributed by atoms with van der Waals surface area (Å²) in [6, 6.07) is 11.2. The van der Waals surface area contributed by atoms with Crippen LogP contribution in [-0.2, 0) is 10.2 Å². The number of benzene rings is 2. The second-order valence-electron chi connectivity index (χ2n) is 6.95. The van der Waals surface area contributed by atoms with Crippen LogP contribution in [0, 0.1) is 0 Å². The smallest absolute Gasteiger partial charge is 0.188 e. The van der Waals surface area contributed by atoms with Crippen LogP contribution in [0.2, 0.25) is 0 Å². The van der Waals surface area contributed by atoms with E-state index in [1.165, 1.54) is 0 Å². The minimum atomic E-state index is -0.166. The lowest BCUT2D eigenvalue weighted by molar-refractivity contribution is 0.0501. The lowest BCUT2D eigenvalue weighted by Crippen LogP contribution is -2.15. The second kappa shape index (κ2) is 9.37. The van der Waals surface area contributed by atoms with Gasteiger partial charge in [-0.15, -0.1) is 5.11 Å². The molecule has 6 nitrogen and oxygen atoms in total. The molecule has 0 heterocycles. The van der Waals surface area contributed by atoms with E-state index in [1.54, 1.807) is 14.2 Å². The van der Waals surface area contributed by atoms with E-state index in [-0.39, 0.29) is 12.2 Å². The van der Waals surface area contributed by atoms with Gasteiger partial charge in [0.2, 0.25) is 0 Å². The average molecular weight is 372 g/mol. The summed E-state index contributed by atoms with van der Waals surface area (Å²) >= 11 is 0. The molecule has 2 aromatic carbocycles. The van der Waals surface area contributed by atoms with Crippen molar-refractivity contribution in [3.63, 3.8) is 0 Å². The third-order valence-electron chi connectivity index (χ3n) is 3.83. The first-order valence-electron chi connectivity index (χ1n) is 8.88. The maximum atomic E-state index is 5.85. The zero-order valence-corrected chi connectivity index (χ0v) is 16.9. The van der Waals surface area contributed by atoms with Crippen molar-refractivity contribution in [1.29, 1.82) is 0 Å². The molecule has 0 saturated carbocycles. The van der Waals surface area contributed by atoms with Crippen molar-refractivity contribution in [2.45, 2.75) is 33.1 Å². The lowest BCUT2D eigenvalue weighted by Gasteiger charge is -2.24. The number of hydrogen-bond acceptors (Lipinski definition) is 6. The van der Waals surface area contributed by atoms with E-state index in [2.05, 4.69) is 31.0 Å². The average Bonchev–Trinajstić information content (AvgIpc) is 2.65. The van der Waals surface area contributed by atoms with Crippen molar-refractivity contribution >= 4 is 11.4 Å². The maximum Gasteiger partial charge on any atom is 0.188 e. The van der Waals surface area contributed by atoms with Crippen LogP contribution in [0.5, 0.6) is 17.2 Å². The van der Waals surface area contributed by atoms with Crippen LogP contribution in [-0.4, -0.2) is 27.6 Å². The third-order valence-corrected chi connectivity index (χ3v) is 3.83. The van der Waals surface area contributed by atoms with Crippen molar-refractivity contribution in [2.75, 3.05) is 27.6 Å². The van der Waals surface area contributed by atoms with Crippen LogP contribution in [0.25, 0.3) is 0 Å². The number of azo groups is 1. The molecular formula is C21H28N2O4. The first-order chi connectivity index (χ1) is 12.9. The molecular weight excluding hydrogens is 344 g/mol. The number of rotatable bonds is 8. The van der Waals surface area contributed by atoms with Crippen LogP contribution < -0.4 is 14.2 Å². The number of ether oxygens (including phenoxy) is 4. The summed E-state index contributed by atoms with van der Waals surface area (Å²) in [5, 5.41) is 8.76. The van der Waals surface area contributed by atoms with E-state index in [0.717, 1.165) is 17.1 Å². The minimum absolute atomic E-state index is 0.127. The Balaban J connectivity index is 2.49. The van der Waals surface area contributed by atoms with Gasteiger partial charge in [-0.05, 0) is 42.7 Å². The Kier molecular flexibility index (Phi) is 7.19. The molecule has 0 amide bonds. The Bertz CT molecular complexity index is 765. The Morgan fingerprint density at radius 1 is 0.889 bits per heavy atom. The molecule has 2 rings (SSSR count). The van der Waals surface area contributed by atoms with Gasteiger partial charge in [-0.2, -0.15) is 5.11 Å². The van der Waals surface area contributed by atoms with Crippen LogP contribution in [0.15, 0.2) is 46.6 Å². The quantitative estimate of drug-likeness (QED) is 0.435. The van der Waals surface area contributed by atoms with Gasteiger partial charge in [-0.3, -0.25) is 0 Å². The van der Waals surface area contributed by atoms with Gasteiger partial charge in [0.25, 0.3) is 0 Å². The Morgan fingerprint density at radius 3 is 2.15 bits per heavy atom. The maximum absolute atomic E-state index is 5.85. The summed E-state index contributed by atoms with van der Waals surface area (Å²) in [6.07, 6.45) is 0. The van der Waals surface area contributed by atoms with E-state index in [9.17, 15) is 0 Å². The molecule has 0 unspecified atom stereocenters. The summed E-state index contributed by atoms with van der Waals surface area (Å²) in [5.74, 6) is 2.15. The first kappa shape index (κ1) is 20.7. The highest BCUT2D eigenvalue weighted by molar-refractivity contribution is 5.62. The van der Waals surface area contributed by atoms with Gasteiger partial charge >= 0.3 is 0 Å². The van der Waals surface area contributed by atoms with Gasteiger partial charge in [0.15, 0.2) is 12.5 Å². The topological polar surface area (TPSA) is 61.6 Å². The van der Waals surface area contributed by atoms with Gasteiger partial charge in [0.05, 0.1) is 19.4 Å². The molecule has 27 heavy (non-hydrogen) atoms. The molecule has 146 valence electrons. The van der Waals surface area contributed by atoms with E-state index >= 15 is 0 Å². The molecule has 0 fully saturated rings. The fraction of sp³-hybridized carbons (Fsp3) is 0.429. The summed E-state index contributed by atoms with van der Waals surface area (Å²) < 4.78 is 21.8. The Morgan fingerprint density at radius 2 is 1.59 bits per heavy atom. The van der Waals surface area contributed by atoms with Crippen LogP contribution in [0.3, 0.4) is 0 Å². The van der Waals surface area contributed by atoms with Crippen molar-refractivity contribution in [2.24, 2.45) is 10.2 Å². The molecule has 0 aromatic heterocycles. The van der Waals surface area contributed by atoms with Gasteiger partial charge in [-0.25, -0.2) is 0 Å². The molecule has 0 N–H and O–H groups in total. The molecule has 0 aliphatic heterocycles. The number of nitrogens with zero attached hydrogens (tertiary/aromatic N) is 2. The molecule has 0 spiro atoms. The fourth-order valence-corrected chi connectivity index (χ4v) is 2.50. The Labute approximate surface area is 161 Å². The van der Waals surface area contributed by atoms with Crippen LogP contribution in [0.1, 0.15) is 33.3 Å². The van der Waals surface area contributed by atoms with Gasteiger partial charge in [0.1, 0.15) is 17.2 Å². The zero-order valence-electron chi connectivity index (χ0n) is 16.9. The normalized spacial score (nSPS) is 11.6. The monoisotopic (exact) mass is 372 g/mol. The van der Waals surface area contributed by atoms with Crippen LogP contribution in [0.4, 0.5) is 11.4 Å². The van der Waals surface area contributed by atoms with E-state index in [0.29, 0.717) is 23.7 Å². The molecule has 0 aliphatic carbocycles. The van der Waals surface area contributed by atoms with E-state index < -0.39 is 0 Å². The third kappa shape index (κ3) is 5.69. The van der Waals surface area contributed by atoms with Gasteiger partial charge in [0, 0.05) is 18.7 Å². The second-order valence-corrected chi connectivity index (χ2v) is 6.95. The Hall–Kier alpha value is -2.60. The summed E-state index contributed by atoms with van der Waals surface area (Å²) in [4.78, 5) is 0. The summed E-state index contributed by atoms with van der Waals surface area (Å²) in [7, 11) is 3.22. The van der Waals surface area contributed by atoms with Crippen molar-refractivity contribution in [1.82, 2.24) is 0 Å². The highest BCUT2D eigenvalue weighted by atomic mass is 16.7. The summed E-state index contributed by atoms with van der Waals surface area (Å²) in [6.45, 7) is 8.98. The largest absolute Gasteiger partial charge is 0.497 e. The zero-order chi connectivity index (χ0) is 19.9. The van der Waals surface area contributed by atoms with Gasteiger partial charge < -0.3 is 18.9 Å². The predicted molar refractivity (Wildman–Crippen MR) is 106 cm³/mol. The molecule has 0 radical (unpaired) electrons. The minimum Gasteiger partial charge on any atom is -0.497 e. The van der Waals surface area contributed by atoms with E-state index in [4.69, 9.17) is 18.9 Å². The highest BCUT2D eigenvalue weighted by Gasteiger charge is 2.23. The number of hydrogen-bond donors (Lipinski definition) is 0. The van der Waals surface area contributed by atoms with Crippen LogP contribution >= 0.6 is 0 Å². The fourth-order valence-electron chi connectivity index (χ4n) is 2.50. The standard InChI is InChI=1S/C21H28N2O4/c1-7-26-17-12-18(21(2,3)4)20(27-14-24-5)19(13-17)23-22-15-8-10-16(25-6)11-9-15/h8-13H,7,14H2,1-6H3/b23-22+. The molecule has 0 saturated heterocycles. The molecule has 0 bridgehead atoms.